The Hall–Kier alpha value is -2.49. The molecular formula is C19H21NO3. The van der Waals surface area contributed by atoms with Crippen LogP contribution in [-0.4, -0.2) is 24.2 Å². The minimum atomic E-state index is -0.777. The van der Waals surface area contributed by atoms with Gasteiger partial charge in [0.15, 0.2) is 0 Å². The van der Waals surface area contributed by atoms with Crippen LogP contribution in [0.2, 0.25) is 0 Å². The molecule has 0 aliphatic carbocycles. The number of carboxylic acid groups (broad SMARTS) is 1. The van der Waals surface area contributed by atoms with Crippen molar-refractivity contribution >= 4 is 11.7 Å². The fourth-order valence-electron chi connectivity index (χ4n) is 2.90. The van der Waals surface area contributed by atoms with Crippen molar-refractivity contribution in [3.05, 3.63) is 59.7 Å². The van der Waals surface area contributed by atoms with E-state index in [0.29, 0.717) is 13.1 Å². The zero-order valence-electron chi connectivity index (χ0n) is 13.2. The topological polar surface area (TPSA) is 49.8 Å². The van der Waals surface area contributed by atoms with E-state index in [1.54, 1.807) is 0 Å². The SMILES string of the molecule is CCc1ccc2c(c1)N(CCC(=O)O)CC(c1ccccc1)O2. The molecular weight excluding hydrogens is 290 g/mol. The Labute approximate surface area is 136 Å². The summed E-state index contributed by atoms with van der Waals surface area (Å²) < 4.78 is 6.17. The fraction of sp³-hybridized carbons (Fsp3) is 0.316. The van der Waals surface area contributed by atoms with E-state index in [-0.39, 0.29) is 12.5 Å². The monoisotopic (exact) mass is 311 g/mol. The van der Waals surface area contributed by atoms with E-state index in [1.165, 1.54) is 5.56 Å². The first-order valence-corrected chi connectivity index (χ1v) is 7.98. The van der Waals surface area contributed by atoms with Crippen LogP contribution in [0.15, 0.2) is 48.5 Å². The minimum Gasteiger partial charge on any atom is -0.482 e. The van der Waals surface area contributed by atoms with Crippen molar-refractivity contribution in [1.82, 2.24) is 0 Å². The fourth-order valence-corrected chi connectivity index (χ4v) is 2.90. The highest BCUT2D eigenvalue weighted by Gasteiger charge is 2.27. The number of rotatable bonds is 5. The zero-order valence-corrected chi connectivity index (χ0v) is 13.2. The molecule has 4 heteroatoms. The Balaban J connectivity index is 1.91. The number of hydrogen-bond acceptors (Lipinski definition) is 3. The third kappa shape index (κ3) is 3.47. The number of fused-ring (bicyclic) bond motifs is 1. The lowest BCUT2D eigenvalue weighted by Crippen LogP contribution is -2.36. The van der Waals surface area contributed by atoms with Crippen LogP contribution in [0.1, 0.15) is 30.6 Å². The maximum Gasteiger partial charge on any atom is 0.305 e. The van der Waals surface area contributed by atoms with E-state index in [9.17, 15) is 4.79 Å². The van der Waals surface area contributed by atoms with E-state index in [4.69, 9.17) is 9.84 Å². The first-order valence-electron chi connectivity index (χ1n) is 7.98. The van der Waals surface area contributed by atoms with Gasteiger partial charge in [-0.05, 0) is 29.7 Å². The Bertz CT molecular complexity index is 684. The molecule has 1 aliphatic heterocycles. The second-order valence-corrected chi connectivity index (χ2v) is 5.76. The average Bonchev–Trinajstić information content (AvgIpc) is 2.59. The molecule has 1 atom stereocenters. The standard InChI is InChI=1S/C19H21NO3/c1-2-14-8-9-17-16(12-14)20(11-10-19(21)22)13-18(23-17)15-6-4-3-5-7-15/h3-9,12,18H,2,10-11,13H2,1H3,(H,21,22). The smallest absolute Gasteiger partial charge is 0.305 e. The van der Waals surface area contributed by atoms with Gasteiger partial charge in [-0.3, -0.25) is 4.79 Å². The van der Waals surface area contributed by atoms with Crippen LogP contribution >= 0.6 is 0 Å². The quantitative estimate of drug-likeness (QED) is 0.915. The third-order valence-electron chi connectivity index (χ3n) is 4.19. The summed E-state index contributed by atoms with van der Waals surface area (Å²) in [5.41, 5.74) is 3.33. The summed E-state index contributed by atoms with van der Waals surface area (Å²) >= 11 is 0. The highest BCUT2D eigenvalue weighted by atomic mass is 16.5. The summed E-state index contributed by atoms with van der Waals surface area (Å²) in [4.78, 5) is 13.1. The summed E-state index contributed by atoms with van der Waals surface area (Å²) in [6.45, 7) is 3.26. The van der Waals surface area contributed by atoms with Gasteiger partial charge in [-0.15, -0.1) is 0 Å². The molecule has 120 valence electrons. The van der Waals surface area contributed by atoms with E-state index in [2.05, 4.69) is 24.0 Å². The van der Waals surface area contributed by atoms with Crippen LogP contribution in [0, 0.1) is 0 Å². The van der Waals surface area contributed by atoms with Crippen LogP contribution in [0.3, 0.4) is 0 Å². The molecule has 1 heterocycles. The molecule has 1 aliphatic rings. The van der Waals surface area contributed by atoms with Crippen LogP contribution in [0.5, 0.6) is 5.75 Å². The van der Waals surface area contributed by atoms with Gasteiger partial charge in [0.05, 0.1) is 18.7 Å². The third-order valence-corrected chi connectivity index (χ3v) is 4.19. The molecule has 0 saturated heterocycles. The zero-order chi connectivity index (χ0) is 16.2. The predicted molar refractivity (Wildman–Crippen MR) is 90.1 cm³/mol. The van der Waals surface area contributed by atoms with E-state index >= 15 is 0 Å². The number of aliphatic carboxylic acids is 1. The summed E-state index contributed by atoms with van der Waals surface area (Å²) in [6, 6.07) is 16.2. The van der Waals surface area contributed by atoms with Crippen molar-refractivity contribution in [3.8, 4) is 5.75 Å². The van der Waals surface area contributed by atoms with Crippen LogP contribution < -0.4 is 9.64 Å². The van der Waals surface area contributed by atoms with Crippen molar-refractivity contribution < 1.29 is 14.6 Å². The molecule has 4 nitrogen and oxygen atoms in total. The van der Waals surface area contributed by atoms with Crippen molar-refractivity contribution in [2.75, 3.05) is 18.0 Å². The molecule has 1 unspecified atom stereocenters. The lowest BCUT2D eigenvalue weighted by atomic mass is 10.0. The Morgan fingerprint density at radius 2 is 2.04 bits per heavy atom. The van der Waals surface area contributed by atoms with Gasteiger partial charge >= 0.3 is 5.97 Å². The van der Waals surface area contributed by atoms with Crippen molar-refractivity contribution in [1.29, 1.82) is 0 Å². The number of ether oxygens (including phenoxy) is 1. The largest absolute Gasteiger partial charge is 0.482 e. The minimum absolute atomic E-state index is 0.0787. The van der Waals surface area contributed by atoms with E-state index in [1.807, 2.05) is 36.4 Å². The number of hydrogen-bond donors (Lipinski definition) is 1. The predicted octanol–water partition coefficient (Wildman–Crippen LogP) is 3.66. The number of anilines is 1. The maximum absolute atomic E-state index is 11.0. The number of carbonyl (C=O) groups is 1. The Morgan fingerprint density at radius 3 is 2.74 bits per heavy atom. The highest BCUT2D eigenvalue weighted by Crippen LogP contribution is 2.38. The lowest BCUT2D eigenvalue weighted by molar-refractivity contribution is -0.136. The van der Waals surface area contributed by atoms with Gasteiger partial charge < -0.3 is 14.7 Å². The second kappa shape index (κ2) is 6.73. The number of aryl methyl sites for hydroxylation is 1. The van der Waals surface area contributed by atoms with Crippen LogP contribution in [0.25, 0.3) is 0 Å². The number of benzene rings is 2. The van der Waals surface area contributed by atoms with Gasteiger partial charge in [-0.1, -0.05) is 43.3 Å². The lowest BCUT2D eigenvalue weighted by Gasteiger charge is -2.36. The molecule has 0 amide bonds. The normalized spacial score (nSPS) is 16.6. The summed E-state index contributed by atoms with van der Waals surface area (Å²) in [7, 11) is 0. The first-order chi connectivity index (χ1) is 11.2. The molecule has 1 N–H and O–H groups in total. The number of carboxylic acids is 1. The van der Waals surface area contributed by atoms with Crippen molar-refractivity contribution in [3.63, 3.8) is 0 Å². The van der Waals surface area contributed by atoms with Gasteiger partial charge in [0.1, 0.15) is 11.9 Å². The van der Waals surface area contributed by atoms with Gasteiger partial charge in [-0.25, -0.2) is 0 Å². The Kier molecular flexibility index (Phi) is 4.51. The van der Waals surface area contributed by atoms with Gasteiger partial charge in [0.25, 0.3) is 0 Å². The van der Waals surface area contributed by atoms with Gasteiger partial charge in [-0.2, -0.15) is 0 Å². The Morgan fingerprint density at radius 1 is 1.26 bits per heavy atom. The number of nitrogens with zero attached hydrogens (tertiary/aromatic N) is 1. The van der Waals surface area contributed by atoms with E-state index in [0.717, 1.165) is 23.4 Å². The van der Waals surface area contributed by atoms with Gasteiger partial charge in [0, 0.05) is 6.54 Å². The molecule has 0 spiro atoms. The molecule has 23 heavy (non-hydrogen) atoms. The molecule has 0 saturated carbocycles. The molecule has 3 rings (SSSR count). The van der Waals surface area contributed by atoms with Crippen molar-refractivity contribution in [2.45, 2.75) is 25.9 Å². The van der Waals surface area contributed by atoms with Crippen LogP contribution in [-0.2, 0) is 11.2 Å². The second-order valence-electron chi connectivity index (χ2n) is 5.76. The summed E-state index contributed by atoms with van der Waals surface area (Å²) in [5, 5.41) is 9.02. The maximum atomic E-state index is 11.0. The summed E-state index contributed by atoms with van der Waals surface area (Å²) in [6.07, 6.45) is 0.990. The molecule has 2 aromatic rings. The van der Waals surface area contributed by atoms with E-state index < -0.39 is 5.97 Å². The van der Waals surface area contributed by atoms with Crippen molar-refractivity contribution in [2.24, 2.45) is 0 Å². The first kappa shape index (κ1) is 15.4. The molecule has 0 aromatic heterocycles. The molecule has 0 radical (unpaired) electrons. The molecule has 0 bridgehead atoms. The average molecular weight is 311 g/mol. The van der Waals surface area contributed by atoms with Gasteiger partial charge in [0.2, 0.25) is 0 Å². The molecule has 2 aromatic carbocycles. The molecule has 0 fully saturated rings. The highest BCUT2D eigenvalue weighted by molar-refractivity contribution is 5.69. The summed E-state index contributed by atoms with van der Waals surface area (Å²) in [5.74, 6) is 0.0497. The van der Waals surface area contributed by atoms with Crippen LogP contribution in [0.4, 0.5) is 5.69 Å².